The molecule has 4 rings (SSSR count). The van der Waals surface area contributed by atoms with E-state index in [0.29, 0.717) is 24.8 Å². The van der Waals surface area contributed by atoms with Gasteiger partial charge in [-0.1, -0.05) is 6.07 Å². The van der Waals surface area contributed by atoms with E-state index in [2.05, 4.69) is 26.0 Å². The highest BCUT2D eigenvalue weighted by Crippen LogP contribution is 2.30. The highest BCUT2D eigenvalue weighted by atomic mass is 16.5. The quantitative estimate of drug-likeness (QED) is 0.402. The van der Waals surface area contributed by atoms with Crippen LogP contribution in [0.15, 0.2) is 36.8 Å². The molecule has 4 aromatic rings. The molecule has 0 aromatic carbocycles. The van der Waals surface area contributed by atoms with Crippen LogP contribution in [0, 0.1) is 6.92 Å². The molecular weight excluding hydrogens is 420 g/mol. The zero-order chi connectivity index (χ0) is 23.4. The van der Waals surface area contributed by atoms with Crippen molar-refractivity contribution in [2.45, 2.75) is 19.8 Å². The van der Waals surface area contributed by atoms with Crippen LogP contribution in [0.2, 0.25) is 0 Å². The Hall–Kier alpha value is -3.72. The van der Waals surface area contributed by atoms with Crippen LogP contribution in [0.5, 0.6) is 11.6 Å². The highest BCUT2D eigenvalue weighted by molar-refractivity contribution is 5.81. The van der Waals surface area contributed by atoms with Gasteiger partial charge >= 0.3 is 0 Å². The van der Waals surface area contributed by atoms with E-state index in [1.54, 1.807) is 26.6 Å². The van der Waals surface area contributed by atoms with Crippen LogP contribution in [0.25, 0.3) is 22.3 Å². The van der Waals surface area contributed by atoms with Gasteiger partial charge in [0.1, 0.15) is 11.4 Å². The molecule has 0 aliphatic carbocycles. The Morgan fingerprint density at radius 2 is 1.91 bits per heavy atom. The molecule has 0 bridgehead atoms. The molecule has 9 nitrogen and oxygen atoms in total. The standard InChI is InChI=1S/C24H28N6O3/c1-15-16(10-17-12-25-22-19(17)11-18(32-3)13-26-22)6-7-21(28-15)20-14-27-24(29-23(20)33-4)30(2)8-5-9-31/h6-7,11-14,31H,5,8-10H2,1-4H3,(H,25,26). The number of ether oxygens (including phenoxy) is 2. The van der Waals surface area contributed by atoms with Gasteiger partial charge in [-0.3, -0.25) is 4.98 Å². The summed E-state index contributed by atoms with van der Waals surface area (Å²) in [5.41, 5.74) is 5.48. The molecule has 0 unspecified atom stereocenters. The van der Waals surface area contributed by atoms with Crippen LogP contribution in [-0.2, 0) is 6.42 Å². The maximum absolute atomic E-state index is 9.05. The summed E-state index contributed by atoms with van der Waals surface area (Å²) in [5, 5.41) is 10.1. The molecule has 0 radical (unpaired) electrons. The minimum absolute atomic E-state index is 0.123. The lowest BCUT2D eigenvalue weighted by Crippen LogP contribution is -2.22. The second-order valence-corrected chi connectivity index (χ2v) is 7.79. The first kappa shape index (κ1) is 22.5. The number of pyridine rings is 2. The summed E-state index contributed by atoms with van der Waals surface area (Å²) in [7, 11) is 5.11. The number of anilines is 1. The summed E-state index contributed by atoms with van der Waals surface area (Å²) in [5.74, 6) is 1.73. The number of fused-ring (bicyclic) bond motifs is 1. The Kier molecular flexibility index (Phi) is 6.69. The predicted octanol–water partition coefficient (Wildman–Crippen LogP) is 3.15. The molecule has 0 aliphatic rings. The topological polar surface area (TPSA) is 109 Å². The fourth-order valence-corrected chi connectivity index (χ4v) is 3.71. The normalized spacial score (nSPS) is 11.1. The molecule has 2 N–H and O–H groups in total. The van der Waals surface area contributed by atoms with Gasteiger partial charge in [0, 0.05) is 50.1 Å². The predicted molar refractivity (Wildman–Crippen MR) is 127 cm³/mol. The van der Waals surface area contributed by atoms with Crippen molar-refractivity contribution in [2.75, 3.05) is 39.3 Å². The monoisotopic (exact) mass is 448 g/mol. The van der Waals surface area contributed by atoms with Crippen molar-refractivity contribution in [3.63, 3.8) is 0 Å². The second kappa shape index (κ2) is 9.83. The van der Waals surface area contributed by atoms with Crippen LogP contribution < -0.4 is 14.4 Å². The lowest BCUT2D eigenvalue weighted by atomic mass is 10.0. The molecular formula is C24H28N6O3. The van der Waals surface area contributed by atoms with Crippen LogP contribution in [-0.4, -0.2) is 64.4 Å². The van der Waals surface area contributed by atoms with Crippen molar-refractivity contribution in [1.29, 1.82) is 0 Å². The average molecular weight is 449 g/mol. The molecule has 0 aliphatic heterocycles. The summed E-state index contributed by atoms with van der Waals surface area (Å²) in [6, 6.07) is 6.03. The highest BCUT2D eigenvalue weighted by Gasteiger charge is 2.15. The van der Waals surface area contributed by atoms with Gasteiger partial charge in [-0.05, 0) is 36.6 Å². The van der Waals surface area contributed by atoms with Crippen molar-refractivity contribution < 1.29 is 14.6 Å². The lowest BCUT2D eigenvalue weighted by Gasteiger charge is -2.18. The molecule has 0 amide bonds. The van der Waals surface area contributed by atoms with Gasteiger partial charge in [-0.15, -0.1) is 0 Å². The van der Waals surface area contributed by atoms with E-state index >= 15 is 0 Å². The number of nitrogens with zero attached hydrogens (tertiary/aromatic N) is 5. The number of aromatic amines is 1. The van der Waals surface area contributed by atoms with Crippen LogP contribution in [0.4, 0.5) is 5.95 Å². The number of hydrogen-bond donors (Lipinski definition) is 2. The number of H-pyrrole nitrogens is 1. The van der Waals surface area contributed by atoms with Crippen molar-refractivity contribution in [3.05, 3.63) is 53.6 Å². The molecule has 172 valence electrons. The van der Waals surface area contributed by atoms with Crippen molar-refractivity contribution >= 4 is 17.0 Å². The van der Waals surface area contributed by atoms with Gasteiger partial charge in [-0.2, -0.15) is 4.98 Å². The SMILES string of the molecule is COc1cnc2[nH]cc(Cc3ccc(-c4cnc(N(C)CCCO)nc4OC)nc3C)c2c1. The Labute approximate surface area is 192 Å². The van der Waals surface area contributed by atoms with Crippen molar-refractivity contribution in [3.8, 4) is 22.9 Å². The van der Waals surface area contributed by atoms with Gasteiger partial charge in [-0.25, -0.2) is 9.97 Å². The van der Waals surface area contributed by atoms with Crippen molar-refractivity contribution in [1.82, 2.24) is 24.9 Å². The summed E-state index contributed by atoms with van der Waals surface area (Å²) in [6.07, 6.45) is 6.78. The third-order valence-corrected chi connectivity index (χ3v) is 5.61. The maximum atomic E-state index is 9.05. The lowest BCUT2D eigenvalue weighted by molar-refractivity contribution is 0.290. The third-order valence-electron chi connectivity index (χ3n) is 5.61. The number of hydrogen-bond acceptors (Lipinski definition) is 8. The zero-order valence-electron chi connectivity index (χ0n) is 19.3. The summed E-state index contributed by atoms with van der Waals surface area (Å²) in [4.78, 5) is 23.3. The minimum Gasteiger partial charge on any atom is -0.495 e. The van der Waals surface area contributed by atoms with Crippen molar-refractivity contribution in [2.24, 2.45) is 0 Å². The van der Waals surface area contributed by atoms with E-state index < -0.39 is 0 Å². The van der Waals surface area contributed by atoms with E-state index in [0.717, 1.165) is 51.3 Å². The number of nitrogens with one attached hydrogen (secondary N) is 1. The number of aliphatic hydroxyl groups is 1. The van der Waals surface area contributed by atoms with Gasteiger partial charge in [0.05, 0.1) is 31.7 Å². The number of aliphatic hydroxyl groups excluding tert-OH is 1. The van der Waals surface area contributed by atoms with Gasteiger partial charge in [0.25, 0.3) is 0 Å². The van der Waals surface area contributed by atoms with Gasteiger partial charge in [0.15, 0.2) is 0 Å². The smallest absolute Gasteiger partial charge is 0.228 e. The van der Waals surface area contributed by atoms with E-state index in [1.165, 1.54) is 0 Å². The zero-order valence-corrected chi connectivity index (χ0v) is 19.3. The maximum Gasteiger partial charge on any atom is 0.228 e. The number of rotatable bonds is 9. The molecule has 9 heteroatoms. The molecule has 0 fully saturated rings. The number of aryl methyl sites for hydroxylation is 1. The summed E-state index contributed by atoms with van der Waals surface area (Å²) < 4.78 is 10.9. The fourth-order valence-electron chi connectivity index (χ4n) is 3.71. The summed E-state index contributed by atoms with van der Waals surface area (Å²) >= 11 is 0. The first-order valence-corrected chi connectivity index (χ1v) is 10.7. The Morgan fingerprint density at radius 3 is 2.64 bits per heavy atom. The molecule has 33 heavy (non-hydrogen) atoms. The molecule has 4 aromatic heterocycles. The number of aromatic nitrogens is 5. The Morgan fingerprint density at radius 1 is 1.06 bits per heavy atom. The van der Waals surface area contributed by atoms with Crippen LogP contribution in [0.3, 0.4) is 0 Å². The minimum atomic E-state index is 0.123. The Balaban J connectivity index is 1.60. The first-order chi connectivity index (χ1) is 16.0. The summed E-state index contributed by atoms with van der Waals surface area (Å²) in [6.45, 7) is 2.77. The number of methoxy groups -OCH3 is 2. The molecule has 0 spiro atoms. The molecule has 0 saturated heterocycles. The first-order valence-electron chi connectivity index (χ1n) is 10.7. The Bertz CT molecular complexity index is 1260. The molecule has 0 atom stereocenters. The van der Waals surface area contributed by atoms with Crippen LogP contribution >= 0.6 is 0 Å². The second-order valence-electron chi connectivity index (χ2n) is 7.79. The third kappa shape index (κ3) is 4.73. The van der Waals surface area contributed by atoms with Gasteiger partial charge < -0.3 is 24.5 Å². The van der Waals surface area contributed by atoms with Gasteiger partial charge in [0.2, 0.25) is 11.8 Å². The van der Waals surface area contributed by atoms with E-state index in [4.69, 9.17) is 19.6 Å². The van der Waals surface area contributed by atoms with E-state index in [1.807, 2.05) is 37.2 Å². The van der Waals surface area contributed by atoms with E-state index in [-0.39, 0.29) is 6.61 Å². The largest absolute Gasteiger partial charge is 0.495 e. The fraction of sp³-hybridized carbons (Fsp3) is 0.333. The average Bonchev–Trinajstić information content (AvgIpc) is 3.25. The van der Waals surface area contributed by atoms with E-state index in [9.17, 15) is 0 Å². The molecule has 4 heterocycles. The van der Waals surface area contributed by atoms with Crippen LogP contribution in [0.1, 0.15) is 23.2 Å². The molecule has 0 saturated carbocycles.